The van der Waals surface area contributed by atoms with Gasteiger partial charge in [-0.15, -0.1) is 34.0 Å². The molecule has 0 atom stereocenters. The lowest BCUT2D eigenvalue weighted by Gasteiger charge is -2.08. The summed E-state index contributed by atoms with van der Waals surface area (Å²) in [5.41, 5.74) is 18.4. The molecule has 0 fully saturated rings. The van der Waals surface area contributed by atoms with E-state index >= 15 is 0 Å². The maximum Gasteiger partial charge on any atom is 0.0384 e. The van der Waals surface area contributed by atoms with Gasteiger partial charge in [0, 0.05) is 63.2 Å². The summed E-state index contributed by atoms with van der Waals surface area (Å²) in [7, 11) is 0. The van der Waals surface area contributed by atoms with Crippen LogP contribution >= 0.6 is 34.0 Å². The zero-order valence-corrected chi connectivity index (χ0v) is 38.4. The highest BCUT2D eigenvalue weighted by Crippen LogP contribution is 2.37. The highest BCUT2D eigenvalue weighted by Gasteiger charge is 2.08. The Morgan fingerprint density at radius 1 is 0.318 bits per heavy atom. The molecule has 0 aliphatic heterocycles. The van der Waals surface area contributed by atoms with Crippen molar-refractivity contribution in [1.82, 2.24) is 0 Å². The summed E-state index contributed by atoms with van der Waals surface area (Å²) in [5.74, 6) is 0. The maximum atomic E-state index is 5.68. The number of hydrogen-bond donors (Lipinski definition) is 3. The summed E-state index contributed by atoms with van der Waals surface area (Å²) in [6.45, 7) is 0. The summed E-state index contributed by atoms with van der Waals surface area (Å²) < 4.78 is 4.00. The first-order chi connectivity index (χ1) is 32.6. The second kappa shape index (κ2) is 20.0. The number of thiophene rings is 3. The fourth-order valence-electron chi connectivity index (χ4n) is 7.78. The summed E-state index contributed by atoms with van der Waals surface area (Å²) in [4.78, 5) is 2.60. The zero-order chi connectivity index (χ0) is 44.5. The standard InChI is InChI=1S/C26H19NS.C20H15NS.C14H11NS/c1-2-6-19(7-3-1)20-10-14-23(15-11-20)27-24-16-12-21(13-17-24)26-18-22-8-4-5-9-25(22)28-26;1-2-6-16(7-3-1)21-17-12-10-15(11-13-17)19-14-22-20-9-5-4-8-18(19)20;15-12-7-5-10(6-8-12)14-9-11-3-1-2-4-13(11)16-14/h1-18,27H;1-14,21H;1-9H,15H2. The molecule has 9 aromatic carbocycles. The van der Waals surface area contributed by atoms with Crippen molar-refractivity contribution in [2.45, 2.75) is 0 Å². The van der Waals surface area contributed by atoms with E-state index in [0.717, 1.165) is 28.4 Å². The normalized spacial score (nSPS) is 10.8. The first-order valence-electron chi connectivity index (χ1n) is 21.8. The van der Waals surface area contributed by atoms with Gasteiger partial charge < -0.3 is 16.4 Å². The number of para-hydroxylation sites is 1. The van der Waals surface area contributed by atoms with Crippen LogP contribution in [0.2, 0.25) is 0 Å². The van der Waals surface area contributed by atoms with E-state index in [1.807, 2.05) is 59.1 Å². The highest BCUT2D eigenvalue weighted by atomic mass is 32.1. The third-order valence-corrected chi connectivity index (χ3v) is 14.5. The molecule has 0 spiro atoms. The van der Waals surface area contributed by atoms with E-state index in [-0.39, 0.29) is 0 Å². The monoisotopic (exact) mass is 903 g/mol. The molecule has 3 aromatic heterocycles. The van der Waals surface area contributed by atoms with E-state index in [2.05, 4.69) is 222 Å². The van der Waals surface area contributed by atoms with Gasteiger partial charge in [-0.25, -0.2) is 0 Å². The van der Waals surface area contributed by atoms with Crippen molar-refractivity contribution in [3.05, 3.63) is 248 Å². The van der Waals surface area contributed by atoms with E-state index < -0.39 is 0 Å². The molecule has 66 heavy (non-hydrogen) atoms. The molecule has 4 N–H and O–H groups in total. The predicted molar refractivity (Wildman–Crippen MR) is 291 cm³/mol. The second-order valence-corrected chi connectivity index (χ2v) is 18.9. The molecular formula is C60H45N3S3. The van der Waals surface area contributed by atoms with E-state index in [1.54, 1.807) is 11.3 Å². The van der Waals surface area contributed by atoms with E-state index in [1.165, 1.54) is 73.4 Å². The molecule has 0 amide bonds. The minimum Gasteiger partial charge on any atom is -0.399 e. The minimum absolute atomic E-state index is 0.810. The van der Waals surface area contributed by atoms with Gasteiger partial charge in [-0.2, -0.15) is 0 Å². The quantitative estimate of drug-likeness (QED) is 0.133. The topological polar surface area (TPSA) is 50.1 Å². The average Bonchev–Trinajstić information content (AvgIpc) is 4.14. The van der Waals surface area contributed by atoms with Crippen LogP contribution in [0, 0.1) is 0 Å². The lowest BCUT2D eigenvalue weighted by Crippen LogP contribution is -1.90. The van der Waals surface area contributed by atoms with Crippen LogP contribution < -0.4 is 16.4 Å². The summed E-state index contributed by atoms with van der Waals surface area (Å²) in [6.07, 6.45) is 0. The molecule has 318 valence electrons. The molecule has 12 aromatic rings. The minimum atomic E-state index is 0.810. The van der Waals surface area contributed by atoms with Gasteiger partial charge >= 0.3 is 0 Å². The average molecular weight is 904 g/mol. The fourth-order valence-corrected chi connectivity index (χ4v) is 10.9. The van der Waals surface area contributed by atoms with E-state index in [0.29, 0.717) is 0 Å². The Morgan fingerprint density at radius 2 is 0.712 bits per heavy atom. The van der Waals surface area contributed by atoms with Crippen molar-refractivity contribution in [3.63, 3.8) is 0 Å². The Labute approximate surface area is 397 Å². The molecule has 0 bridgehead atoms. The number of nitrogen functional groups attached to an aromatic ring is 1. The van der Waals surface area contributed by atoms with Crippen molar-refractivity contribution in [2.24, 2.45) is 0 Å². The molecule has 6 heteroatoms. The molecule has 3 nitrogen and oxygen atoms in total. The molecule has 3 heterocycles. The van der Waals surface area contributed by atoms with Gasteiger partial charge in [-0.3, -0.25) is 0 Å². The van der Waals surface area contributed by atoms with Crippen LogP contribution in [0.1, 0.15) is 0 Å². The molecular weight excluding hydrogens is 859 g/mol. The molecule has 0 radical (unpaired) electrons. The van der Waals surface area contributed by atoms with Gasteiger partial charge in [-0.05, 0) is 135 Å². The number of fused-ring (bicyclic) bond motifs is 3. The Kier molecular flexibility index (Phi) is 12.8. The van der Waals surface area contributed by atoms with Crippen LogP contribution in [0.3, 0.4) is 0 Å². The largest absolute Gasteiger partial charge is 0.399 e. The van der Waals surface area contributed by atoms with Crippen LogP contribution in [-0.4, -0.2) is 0 Å². The maximum absolute atomic E-state index is 5.68. The van der Waals surface area contributed by atoms with Crippen LogP contribution in [0.15, 0.2) is 248 Å². The Hall–Kier alpha value is -7.74. The van der Waals surface area contributed by atoms with Gasteiger partial charge in [0.25, 0.3) is 0 Å². The SMILES string of the molecule is Nc1ccc(-c2cc3ccccc3s2)cc1.c1ccc(-c2ccc(Nc3ccc(-c4cc5ccccc5s4)cc3)cc2)cc1.c1ccc(Nc2ccc(-c3csc4ccccc34)cc2)cc1. The zero-order valence-electron chi connectivity index (χ0n) is 36.0. The summed E-state index contributed by atoms with van der Waals surface area (Å²) >= 11 is 5.45. The van der Waals surface area contributed by atoms with E-state index in [9.17, 15) is 0 Å². The molecule has 0 unspecified atom stereocenters. The molecule has 0 saturated carbocycles. The highest BCUT2D eigenvalue weighted by molar-refractivity contribution is 7.22. The first kappa shape index (κ1) is 42.2. The number of anilines is 5. The van der Waals surface area contributed by atoms with Crippen LogP contribution in [0.25, 0.3) is 73.4 Å². The van der Waals surface area contributed by atoms with Crippen LogP contribution in [0.5, 0.6) is 0 Å². The fraction of sp³-hybridized carbons (Fsp3) is 0. The number of nitrogens with two attached hydrogens (primary N) is 1. The summed E-state index contributed by atoms with van der Waals surface area (Å²) in [5, 5.41) is 13.1. The first-order valence-corrected chi connectivity index (χ1v) is 24.3. The number of benzene rings is 9. The third-order valence-electron chi connectivity index (χ3n) is 11.2. The van der Waals surface area contributed by atoms with Crippen molar-refractivity contribution in [1.29, 1.82) is 0 Å². The smallest absolute Gasteiger partial charge is 0.0384 e. The Bertz CT molecular complexity index is 3380. The Balaban J connectivity index is 0.000000121. The van der Waals surface area contributed by atoms with Crippen molar-refractivity contribution in [2.75, 3.05) is 16.4 Å². The molecule has 0 saturated heterocycles. The third kappa shape index (κ3) is 10.1. The van der Waals surface area contributed by atoms with Gasteiger partial charge in [0.2, 0.25) is 0 Å². The second-order valence-electron chi connectivity index (χ2n) is 15.8. The number of hydrogen-bond acceptors (Lipinski definition) is 6. The molecule has 0 aliphatic carbocycles. The Morgan fingerprint density at radius 3 is 1.24 bits per heavy atom. The lowest BCUT2D eigenvalue weighted by atomic mass is 10.0. The number of rotatable bonds is 8. The van der Waals surface area contributed by atoms with Crippen molar-refractivity contribution in [3.8, 4) is 43.1 Å². The van der Waals surface area contributed by atoms with Crippen molar-refractivity contribution >= 4 is 92.7 Å². The lowest BCUT2D eigenvalue weighted by molar-refractivity contribution is 1.54. The van der Waals surface area contributed by atoms with Gasteiger partial charge in [0.05, 0.1) is 0 Å². The van der Waals surface area contributed by atoms with Gasteiger partial charge in [0.1, 0.15) is 0 Å². The van der Waals surface area contributed by atoms with Crippen LogP contribution in [-0.2, 0) is 0 Å². The summed E-state index contributed by atoms with van der Waals surface area (Å²) in [6, 6.07) is 84.6. The van der Waals surface area contributed by atoms with Crippen molar-refractivity contribution < 1.29 is 0 Å². The number of nitrogens with one attached hydrogen (secondary N) is 2. The molecule has 0 aliphatic rings. The van der Waals surface area contributed by atoms with Gasteiger partial charge in [-0.1, -0.05) is 152 Å². The predicted octanol–water partition coefficient (Wildman–Crippen LogP) is 18.4. The van der Waals surface area contributed by atoms with E-state index in [4.69, 9.17) is 5.73 Å². The van der Waals surface area contributed by atoms with Gasteiger partial charge in [0.15, 0.2) is 0 Å². The molecule has 12 rings (SSSR count). The van der Waals surface area contributed by atoms with Crippen LogP contribution in [0.4, 0.5) is 28.4 Å².